The van der Waals surface area contributed by atoms with Gasteiger partial charge in [0.1, 0.15) is 0 Å². The van der Waals surface area contributed by atoms with Crippen LogP contribution < -0.4 is 0 Å². The van der Waals surface area contributed by atoms with Gasteiger partial charge >= 0.3 is 12.4 Å². The van der Waals surface area contributed by atoms with Gasteiger partial charge < -0.3 is 9.13 Å². The van der Waals surface area contributed by atoms with Crippen LogP contribution in [0.4, 0.5) is 26.3 Å². The Bertz CT molecular complexity index is 3250. The third kappa shape index (κ3) is 7.38. The number of benzene rings is 7. The first-order valence-corrected chi connectivity index (χ1v) is 20.1. The maximum atomic E-state index is 14.6. The number of aromatic nitrogens is 2. The summed E-state index contributed by atoms with van der Waals surface area (Å²) in [4.78, 5) is 0. The van der Waals surface area contributed by atoms with Gasteiger partial charge in [-0.05, 0) is 109 Å². The Morgan fingerprint density at radius 3 is 1.40 bits per heavy atom. The number of halogens is 6. The van der Waals surface area contributed by atoms with Crippen molar-refractivity contribution in [3.05, 3.63) is 198 Å². The van der Waals surface area contributed by atoms with E-state index < -0.39 is 29.1 Å². The first-order chi connectivity index (χ1) is 30.1. The molecule has 0 saturated heterocycles. The van der Waals surface area contributed by atoms with E-state index in [0.29, 0.717) is 28.1 Å². The van der Waals surface area contributed by atoms with E-state index in [4.69, 9.17) is 0 Å². The van der Waals surface area contributed by atoms with E-state index in [1.54, 1.807) is 0 Å². The number of rotatable bonds is 7. The Labute approximate surface area is 359 Å². The number of para-hydroxylation sites is 2. The number of fused-ring (bicyclic) bond motifs is 6. The predicted octanol–water partition coefficient (Wildman–Crippen LogP) is 15.7. The quantitative estimate of drug-likeness (QED) is 0.116. The van der Waals surface area contributed by atoms with Crippen molar-refractivity contribution < 1.29 is 26.3 Å². The van der Waals surface area contributed by atoms with Gasteiger partial charge in [0.2, 0.25) is 0 Å². The number of nitrogens with zero attached hydrogens (tertiary/aromatic N) is 3. The summed E-state index contributed by atoms with van der Waals surface area (Å²) in [6.45, 7) is 8.12. The zero-order valence-corrected chi connectivity index (χ0v) is 34.3. The highest BCUT2D eigenvalue weighted by molar-refractivity contribution is 6.13. The molecule has 0 radical (unpaired) electrons. The Kier molecular flexibility index (Phi) is 9.98. The predicted molar refractivity (Wildman–Crippen MR) is 243 cm³/mol. The minimum atomic E-state index is -4.98. The highest BCUT2D eigenvalue weighted by Crippen LogP contribution is 2.44. The third-order valence-electron chi connectivity index (χ3n) is 11.6. The second kappa shape index (κ2) is 15.4. The summed E-state index contributed by atoms with van der Waals surface area (Å²) < 4.78 is 91.2. The van der Waals surface area contributed by atoms with Crippen molar-refractivity contribution in [1.29, 1.82) is 5.26 Å². The van der Waals surface area contributed by atoms with E-state index in [9.17, 15) is 31.6 Å². The molecule has 0 saturated carbocycles. The summed E-state index contributed by atoms with van der Waals surface area (Å²) >= 11 is 0. The van der Waals surface area contributed by atoms with Gasteiger partial charge in [-0.2, -0.15) is 31.6 Å². The molecule has 310 valence electrons. The van der Waals surface area contributed by atoms with Crippen molar-refractivity contribution in [3.63, 3.8) is 0 Å². The molecule has 0 fully saturated rings. The van der Waals surface area contributed by atoms with E-state index in [2.05, 4.69) is 24.8 Å². The molecule has 0 aliphatic carbocycles. The van der Waals surface area contributed by atoms with E-state index in [0.717, 1.165) is 67.9 Å². The molecule has 0 aliphatic heterocycles. The molecule has 2 heterocycles. The Hall–Kier alpha value is -7.57. The Morgan fingerprint density at radius 1 is 0.524 bits per heavy atom. The lowest BCUT2D eigenvalue weighted by molar-refractivity contribution is -0.0913. The van der Waals surface area contributed by atoms with Crippen LogP contribution in [0.2, 0.25) is 0 Å². The van der Waals surface area contributed by atoms with Crippen molar-refractivity contribution in [2.75, 3.05) is 0 Å². The molecule has 7 aromatic carbocycles. The summed E-state index contributed by atoms with van der Waals surface area (Å²) in [5.41, 5.74) is 6.15. The van der Waals surface area contributed by atoms with Crippen molar-refractivity contribution in [2.24, 2.45) is 0 Å². The topological polar surface area (TPSA) is 33.6 Å². The zero-order chi connectivity index (χ0) is 44.4. The molecule has 0 aliphatic rings. The van der Waals surface area contributed by atoms with Gasteiger partial charge in [0, 0.05) is 38.3 Å². The Morgan fingerprint density at radius 2 is 0.968 bits per heavy atom. The SMILES string of the molecule is C=C(/C=C(\C=C(/C)C(F)(F)F)c1c(-n2c3ccccc3c3cc(-c4cccc(C)c4)ccc32)cc(C#N)cc1-n1c2ccccc2c2cc(-c3cccc(C)c3)ccc21)C(F)(F)F. The van der Waals surface area contributed by atoms with Gasteiger partial charge in [0.15, 0.2) is 0 Å². The molecule has 63 heavy (non-hydrogen) atoms. The second-order valence-electron chi connectivity index (χ2n) is 15.9. The molecule has 0 amide bonds. The number of hydrogen-bond acceptors (Lipinski definition) is 1. The summed E-state index contributed by atoms with van der Waals surface area (Å²) in [5.74, 6) is 0. The molecular formula is C54H37F6N3. The standard InChI is InChI=1S/C54H37F6N3/c1-32-11-9-13-37(23-32)39-19-21-48-44(29-39)42-15-5-7-17-46(42)62(48)50-27-36(31-61)28-51(52(50)41(25-34(3)53(55,56)57)26-35(4)54(58,59)60)63-47-18-8-6-16-43(47)45-30-40(20-22-49(45)63)38-14-10-12-33(2)24-38/h5-30H,3H2,1-2,4H3/b35-26+,41-25+. The second-order valence-corrected chi connectivity index (χ2v) is 15.9. The van der Waals surface area contributed by atoms with Crippen LogP contribution in [0, 0.1) is 25.2 Å². The van der Waals surface area contributed by atoms with E-state index in [1.165, 1.54) is 12.1 Å². The van der Waals surface area contributed by atoms with Crippen LogP contribution in [0.15, 0.2) is 175 Å². The normalized spacial score (nSPS) is 12.8. The van der Waals surface area contributed by atoms with Crippen LogP contribution in [0.25, 0.3) is 82.8 Å². The van der Waals surface area contributed by atoms with Gasteiger partial charge in [-0.3, -0.25) is 0 Å². The molecule has 3 nitrogen and oxygen atoms in total. The lowest BCUT2D eigenvalue weighted by atomic mass is 9.94. The highest BCUT2D eigenvalue weighted by atomic mass is 19.4. The number of alkyl halides is 6. The monoisotopic (exact) mass is 841 g/mol. The van der Waals surface area contributed by atoms with Crippen LogP contribution in [0.3, 0.4) is 0 Å². The molecule has 9 aromatic rings. The first kappa shape index (κ1) is 40.8. The van der Waals surface area contributed by atoms with Crippen molar-refractivity contribution >= 4 is 49.2 Å². The molecule has 0 unspecified atom stereocenters. The van der Waals surface area contributed by atoms with Crippen LogP contribution in [-0.2, 0) is 0 Å². The first-order valence-electron chi connectivity index (χ1n) is 20.1. The van der Waals surface area contributed by atoms with E-state index in [1.807, 2.05) is 144 Å². The minimum absolute atomic E-state index is 0.0267. The van der Waals surface area contributed by atoms with Gasteiger partial charge in [0.25, 0.3) is 0 Å². The van der Waals surface area contributed by atoms with Gasteiger partial charge in [0.05, 0.1) is 45.1 Å². The number of nitriles is 1. The van der Waals surface area contributed by atoms with Gasteiger partial charge in [-0.15, -0.1) is 0 Å². The van der Waals surface area contributed by atoms with E-state index >= 15 is 0 Å². The molecule has 0 bridgehead atoms. The van der Waals surface area contributed by atoms with Gasteiger partial charge in [-0.1, -0.05) is 115 Å². The summed E-state index contributed by atoms with van der Waals surface area (Å²) in [6.07, 6.45) is -8.46. The highest BCUT2D eigenvalue weighted by Gasteiger charge is 2.34. The van der Waals surface area contributed by atoms with Crippen molar-refractivity contribution in [3.8, 4) is 39.7 Å². The lowest BCUT2D eigenvalue weighted by Gasteiger charge is -2.22. The molecule has 0 spiro atoms. The average molecular weight is 842 g/mol. The number of allylic oxidation sites excluding steroid dienone is 5. The lowest BCUT2D eigenvalue weighted by Crippen LogP contribution is -2.12. The summed E-state index contributed by atoms with van der Waals surface area (Å²) in [7, 11) is 0. The fraction of sp³-hybridized carbons (Fsp3) is 0.0926. The number of aryl methyl sites for hydroxylation is 2. The fourth-order valence-electron chi connectivity index (χ4n) is 8.57. The largest absolute Gasteiger partial charge is 0.415 e. The minimum Gasteiger partial charge on any atom is -0.308 e. The maximum Gasteiger partial charge on any atom is 0.415 e. The van der Waals surface area contributed by atoms with Crippen molar-refractivity contribution in [2.45, 2.75) is 33.1 Å². The molecule has 0 N–H and O–H groups in total. The summed E-state index contributed by atoms with van der Waals surface area (Å²) in [5, 5.41) is 13.9. The molecular weight excluding hydrogens is 805 g/mol. The number of hydrogen-bond donors (Lipinski definition) is 0. The zero-order valence-electron chi connectivity index (χ0n) is 34.3. The van der Waals surface area contributed by atoms with Crippen LogP contribution in [-0.4, -0.2) is 21.5 Å². The van der Waals surface area contributed by atoms with Crippen LogP contribution >= 0.6 is 0 Å². The smallest absolute Gasteiger partial charge is 0.308 e. The fourth-order valence-corrected chi connectivity index (χ4v) is 8.57. The average Bonchev–Trinajstić information content (AvgIpc) is 3.77. The van der Waals surface area contributed by atoms with Gasteiger partial charge in [-0.25, -0.2) is 0 Å². The maximum absolute atomic E-state index is 14.6. The molecule has 0 atom stereocenters. The van der Waals surface area contributed by atoms with Crippen LogP contribution in [0.5, 0.6) is 0 Å². The van der Waals surface area contributed by atoms with Crippen LogP contribution in [0.1, 0.15) is 29.2 Å². The molecule has 9 heteroatoms. The van der Waals surface area contributed by atoms with Crippen molar-refractivity contribution in [1.82, 2.24) is 9.13 Å². The molecule has 2 aromatic heterocycles. The summed E-state index contributed by atoms with van der Waals surface area (Å²) in [6, 6.07) is 48.1. The molecule has 9 rings (SSSR count). The third-order valence-corrected chi connectivity index (χ3v) is 11.6. The Balaban J connectivity index is 1.45. The van der Waals surface area contributed by atoms with E-state index in [-0.39, 0.29) is 22.5 Å².